The van der Waals surface area contributed by atoms with Crippen molar-refractivity contribution in [3.8, 4) is 0 Å². The molecule has 2 aliphatic carbocycles. The van der Waals surface area contributed by atoms with E-state index in [0.717, 1.165) is 18.5 Å². The SMILES string of the molecule is Nc1ccc(C2=CCCC(C3=CCCC=C3)=C2)cc1. The molecular weight excluding hydrogens is 230 g/mol. The molecule has 0 unspecified atom stereocenters. The van der Waals surface area contributed by atoms with Crippen LogP contribution in [0.1, 0.15) is 31.2 Å². The second-order valence-corrected chi connectivity index (χ2v) is 5.13. The molecule has 0 radical (unpaired) electrons. The number of nitrogens with two attached hydrogens (primary N) is 1. The van der Waals surface area contributed by atoms with Crippen LogP contribution in [0, 0.1) is 0 Å². The van der Waals surface area contributed by atoms with E-state index in [0.29, 0.717) is 0 Å². The lowest BCUT2D eigenvalue weighted by Gasteiger charge is -2.17. The molecule has 0 fully saturated rings. The molecule has 0 aromatic heterocycles. The van der Waals surface area contributed by atoms with E-state index < -0.39 is 0 Å². The average molecular weight is 249 g/mol. The Kier molecular flexibility index (Phi) is 3.37. The van der Waals surface area contributed by atoms with Gasteiger partial charge in [-0.3, -0.25) is 0 Å². The fourth-order valence-corrected chi connectivity index (χ4v) is 2.66. The Balaban J connectivity index is 1.89. The summed E-state index contributed by atoms with van der Waals surface area (Å²) in [6.45, 7) is 0. The second-order valence-electron chi connectivity index (χ2n) is 5.13. The van der Waals surface area contributed by atoms with Crippen molar-refractivity contribution in [1.82, 2.24) is 0 Å². The molecule has 2 aliphatic rings. The van der Waals surface area contributed by atoms with Crippen molar-refractivity contribution in [2.45, 2.75) is 25.7 Å². The molecule has 0 amide bonds. The van der Waals surface area contributed by atoms with Gasteiger partial charge < -0.3 is 5.73 Å². The zero-order chi connectivity index (χ0) is 13.1. The molecule has 1 nitrogen and oxygen atoms in total. The quantitative estimate of drug-likeness (QED) is 0.759. The maximum atomic E-state index is 5.75. The molecule has 96 valence electrons. The third-order valence-electron chi connectivity index (χ3n) is 3.72. The van der Waals surface area contributed by atoms with Crippen molar-refractivity contribution in [2.75, 3.05) is 5.73 Å². The van der Waals surface area contributed by atoms with Crippen molar-refractivity contribution in [1.29, 1.82) is 0 Å². The summed E-state index contributed by atoms with van der Waals surface area (Å²) < 4.78 is 0. The van der Waals surface area contributed by atoms with Crippen molar-refractivity contribution in [3.63, 3.8) is 0 Å². The summed E-state index contributed by atoms with van der Waals surface area (Å²) in [5, 5.41) is 0. The highest BCUT2D eigenvalue weighted by Crippen LogP contribution is 2.31. The van der Waals surface area contributed by atoms with E-state index in [2.05, 4.69) is 42.5 Å². The lowest BCUT2D eigenvalue weighted by molar-refractivity contribution is 0.955. The molecule has 0 spiro atoms. The lowest BCUT2D eigenvalue weighted by Crippen LogP contribution is -1.97. The summed E-state index contributed by atoms with van der Waals surface area (Å²) in [6.07, 6.45) is 16.2. The summed E-state index contributed by atoms with van der Waals surface area (Å²) in [7, 11) is 0. The highest BCUT2D eigenvalue weighted by Gasteiger charge is 2.10. The second kappa shape index (κ2) is 5.31. The first-order valence-corrected chi connectivity index (χ1v) is 6.97. The van der Waals surface area contributed by atoms with Crippen LogP contribution in [0.2, 0.25) is 0 Å². The Morgan fingerprint density at radius 2 is 1.63 bits per heavy atom. The van der Waals surface area contributed by atoms with Crippen molar-refractivity contribution in [2.24, 2.45) is 0 Å². The fourth-order valence-electron chi connectivity index (χ4n) is 2.66. The molecule has 0 atom stereocenters. The molecule has 1 aromatic carbocycles. The predicted octanol–water partition coefficient (Wildman–Crippen LogP) is 4.65. The Morgan fingerprint density at radius 1 is 0.842 bits per heavy atom. The first-order valence-electron chi connectivity index (χ1n) is 6.97. The van der Waals surface area contributed by atoms with Crippen LogP contribution in [-0.4, -0.2) is 0 Å². The highest BCUT2D eigenvalue weighted by molar-refractivity contribution is 5.77. The van der Waals surface area contributed by atoms with E-state index in [-0.39, 0.29) is 0 Å². The van der Waals surface area contributed by atoms with Gasteiger partial charge in [0.1, 0.15) is 0 Å². The standard InChI is InChI=1S/C18H19N/c19-18-11-9-15(10-12-18)17-8-4-7-16(13-17)14-5-2-1-3-6-14/h2,5-6,8-13H,1,3-4,7,19H2. The van der Waals surface area contributed by atoms with Crippen LogP contribution < -0.4 is 5.73 Å². The van der Waals surface area contributed by atoms with E-state index in [9.17, 15) is 0 Å². The van der Waals surface area contributed by atoms with Crippen LogP contribution in [-0.2, 0) is 0 Å². The molecule has 0 saturated heterocycles. The summed E-state index contributed by atoms with van der Waals surface area (Å²) >= 11 is 0. The van der Waals surface area contributed by atoms with E-state index in [1.54, 1.807) is 0 Å². The van der Waals surface area contributed by atoms with Crippen LogP contribution in [0.5, 0.6) is 0 Å². The van der Waals surface area contributed by atoms with Crippen LogP contribution >= 0.6 is 0 Å². The van der Waals surface area contributed by atoms with Gasteiger partial charge in [-0.05, 0) is 60.1 Å². The molecular formula is C18H19N. The van der Waals surface area contributed by atoms with Gasteiger partial charge >= 0.3 is 0 Å². The van der Waals surface area contributed by atoms with Crippen LogP contribution in [0.15, 0.2) is 65.8 Å². The minimum absolute atomic E-state index is 0.822. The summed E-state index contributed by atoms with van der Waals surface area (Å²) in [5.41, 5.74) is 12.0. The van der Waals surface area contributed by atoms with Gasteiger partial charge in [-0.2, -0.15) is 0 Å². The third-order valence-corrected chi connectivity index (χ3v) is 3.72. The number of rotatable bonds is 2. The monoisotopic (exact) mass is 249 g/mol. The summed E-state index contributed by atoms with van der Waals surface area (Å²) in [5.74, 6) is 0. The van der Waals surface area contributed by atoms with Crippen molar-refractivity contribution >= 4 is 11.3 Å². The molecule has 2 N–H and O–H groups in total. The van der Waals surface area contributed by atoms with Crippen LogP contribution in [0.25, 0.3) is 5.57 Å². The lowest BCUT2D eigenvalue weighted by atomic mass is 9.88. The topological polar surface area (TPSA) is 26.0 Å². The number of benzene rings is 1. The fraction of sp³-hybridized carbons (Fsp3) is 0.222. The molecule has 0 aliphatic heterocycles. The minimum atomic E-state index is 0.822. The highest BCUT2D eigenvalue weighted by atomic mass is 14.5. The Hall–Kier alpha value is -2.02. The normalized spacial score (nSPS) is 18.6. The van der Waals surface area contributed by atoms with Gasteiger partial charge in [-0.15, -0.1) is 0 Å². The zero-order valence-electron chi connectivity index (χ0n) is 11.1. The molecule has 0 bridgehead atoms. The maximum Gasteiger partial charge on any atom is 0.0314 e. The van der Waals surface area contributed by atoms with Gasteiger partial charge in [0.2, 0.25) is 0 Å². The third kappa shape index (κ3) is 2.70. The first kappa shape index (κ1) is 12.0. The largest absolute Gasteiger partial charge is 0.399 e. The van der Waals surface area contributed by atoms with Crippen molar-refractivity contribution < 1.29 is 0 Å². The Morgan fingerprint density at radius 3 is 2.37 bits per heavy atom. The first-order chi connectivity index (χ1) is 9.33. The van der Waals surface area contributed by atoms with E-state index in [1.165, 1.54) is 35.1 Å². The number of hydrogen-bond acceptors (Lipinski definition) is 1. The Bertz CT molecular complexity index is 583. The van der Waals surface area contributed by atoms with Crippen molar-refractivity contribution in [3.05, 3.63) is 71.4 Å². The van der Waals surface area contributed by atoms with Gasteiger partial charge in [0, 0.05) is 5.69 Å². The van der Waals surface area contributed by atoms with Crippen LogP contribution in [0.4, 0.5) is 5.69 Å². The summed E-state index contributed by atoms with van der Waals surface area (Å²) in [4.78, 5) is 0. The van der Waals surface area contributed by atoms with Gasteiger partial charge in [0.05, 0.1) is 0 Å². The molecule has 1 aromatic rings. The number of allylic oxidation sites excluding steroid dienone is 8. The van der Waals surface area contributed by atoms with Gasteiger partial charge in [-0.1, -0.05) is 42.5 Å². The zero-order valence-corrected chi connectivity index (χ0v) is 11.1. The van der Waals surface area contributed by atoms with E-state index in [1.807, 2.05) is 12.1 Å². The molecule has 3 rings (SSSR count). The van der Waals surface area contributed by atoms with Crippen LogP contribution in [0.3, 0.4) is 0 Å². The number of hydrogen-bond donors (Lipinski definition) is 1. The number of nitrogen functional groups attached to an aromatic ring is 1. The molecule has 19 heavy (non-hydrogen) atoms. The smallest absolute Gasteiger partial charge is 0.0314 e. The predicted molar refractivity (Wildman–Crippen MR) is 82.6 cm³/mol. The molecule has 1 heteroatoms. The van der Waals surface area contributed by atoms with Gasteiger partial charge in [-0.25, -0.2) is 0 Å². The summed E-state index contributed by atoms with van der Waals surface area (Å²) in [6, 6.07) is 8.15. The Labute approximate surface area is 114 Å². The van der Waals surface area contributed by atoms with Gasteiger partial charge in [0.15, 0.2) is 0 Å². The maximum absolute atomic E-state index is 5.75. The average Bonchev–Trinajstić information content (AvgIpc) is 2.49. The minimum Gasteiger partial charge on any atom is -0.399 e. The number of anilines is 1. The molecule has 0 heterocycles. The molecule has 0 saturated carbocycles. The van der Waals surface area contributed by atoms with E-state index >= 15 is 0 Å². The van der Waals surface area contributed by atoms with E-state index in [4.69, 9.17) is 5.73 Å². The van der Waals surface area contributed by atoms with Gasteiger partial charge in [0.25, 0.3) is 0 Å².